The maximum Gasteiger partial charge on any atom is 0.142 e. The van der Waals surface area contributed by atoms with Crippen LogP contribution >= 0.6 is 11.5 Å². The lowest BCUT2D eigenvalue weighted by molar-refractivity contribution is 0.0922. The standard InChI is InChI=1S/C11H19N3O2S/c12-10-9(8-2-3-8)11(17-14-10)13-4-1-6-16-7-5-15/h8,13,15H,1-7H2,(H2,12,14). The van der Waals surface area contributed by atoms with Gasteiger partial charge in [-0.1, -0.05) is 0 Å². The molecule has 0 amide bonds. The molecule has 0 unspecified atom stereocenters. The fraction of sp³-hybridized carbons (Fsp3) is 0.727. The molecule has 5 nitrogen and oxygen atoms in total. The van der Waals surface area contributed by atoms with Gasteiger partial charge in [0.05, 0.1) is 13.2 Å². The molecule has 96 valence electrons. The molecule has 0 aliphatic heterocycles. The molecule has 17 heavy (non-hydrogen) atoms. The molecule has 1 saturated carbocycles. The van der Waals surface area contributed by atoms with Crippen LogP contribution in [-0.2, 0) is 4.74 Å². The number of anilines is 2. The number of nitrogens with zero attached hydrogens (tertiary/aromatic N) is 1. The second-order valence-electron chi connectivity index (χ2n) is 4.20. The van der Waals surface area contributed by atoms with Gasteiger partial charge >= 0.3 is 0 Å². The fourth-order valence-corrected chi connectivity index (χ4v) is 2.57. The summed E-state index contributed by atoms with van der Waals surface area (Å²) in [7, 11) is 0. The number of aliphatic hydroxyl groups excluding tert-OH is 1. The number of rotatable bonds is 8. The van der Waals surface area contributed by atoms with Crippen LogP contribution in [0.15, 0.2) is 0 Å². The van der Waals surface area contributed by atoms with E-state index in [1.165, 1.54) is 29.9 Å². The third-order valence-corrected chi connectivity index (χ3v) is 3.56. The highest BCUT2D eigenvalue weighted by Crippen LogP contribution is 2.47. The summed E-state index contributed by atoms with van der Waals surface area (Å²) < 4.78 is 9.39. The van der Waals surface area contributed by atoms with Gasteiger partial charge in [0.1, 0.15) is 10.8 Å². The molecule has 2 rings (SSSR count). The Labute approximate surface area is 105 Å². The number of nitrogens with two attached hydrogens (primary N) is 1. The molecular weight excluding hydrogens is 238 g/mol. The summed E-state index contributed by atoms with van der Waals surface area (Å²) in [6, 6.07) is 0. The first-order chi connectivity index (χ1) is 8.33. The van der Waals surface area contributed by atoms with Crippen molar-refractivity contribution in [3.05, 3.63) is 5.56 Å². The highest BCUT2D eigenvalue weighted by atomic mass is 32.1. The monoisotopic (exact) mass is 257 g/mol. The SMILES string of the molecule is Nc1nsc(NCCCOCCO)c1C1CC1. The predicted octanol–water partition coefficient (Wildman–Crippen LogP) is 1.41. The van der Waals surface area contributed by atoms with Crippen molar-refractivity contribution in [1.29, 1.82) is 0 Å². The molecule has 0 aromatic carbocycles. The topological polar surface area (TPSA) is 80.4 Å². The quantitative estimate of drug-likeness (QED) is 0.614. The summed E-state index contributed by atoms with van der Waals surface area (Å²) in [6.45, 7) is 2.03. The maximum absolute atomic E-state index is 8.55. The summed E-state index contributed by atoms with van der Waals surface area (Å²) in [5, 5.41) is 13.0. The van der Waals surface area contributed by atoms with E-state index in [0.717, 1.165) is 18.0 Å². The molecule has 0 spiro atoms. The number of nitrogens with one attached hydrogen (secondary N) is 1. The van der Waals surface area contributed by atoms with Crippen molar-refractivity contribution in [2.75, 3.05) is 37.4 Å². The van der Waals surface area contributed by atoms with E-state index in [1.54, 1.807) is 0 Å². The third-order valence-electron chi connectivity index (χ3n) is 2.73. The van der Waals surface area contributed by atoms with E-state index < -0.39 is 0 Å². The van der Waals surface area contributed by atoms with E-state index in [-0.39, 0.29) is 6.61 Å². The largest absolute Gasteiger partial charge is 0.394 e. The lowest BCUT2D eigenvalue weighted by Crippen LogP contribution is -2.07. The Kier molecular flexibility index (Phi) is 4.58. The van der Waals surface area contributed by atoms with Crippen LogP contribution in [0.25, 0.3) is 0 Å². The molecule has 0 radical (unpaired) electrons. The van der Waals surface area contributed by atoms with E-state index in [1.807, 2.05) is 0 Å². The molecule has 1 aliphatic carbocycles. The lowest BCUT2D eigenvalue weighted by Gasteiger charge is -2.06. The zero-order valence-corrected chi connectivity index (χ0v) is 10.6. The lowest BCUT2D eigenvalue weighted by atomic mass is 10.2. The Balaban J connectivity index is 1.71. The Bertz CT molecular complexity index is 352. The van der Waals surface area contributed by atoms with E-state index in [0.29, 0.717) is 24.9 Å². The maximum atomic E-state index is 8.55. The Morgan fingerprint density at radius 3 is 3.00 bits per heavy atom. The van der Waals surface area contributed by atoms with Crippen LogP contribution in [0, 0.1) is 0 Å². The molecule has 0 saturated heterocycles. The van der Waals surface area contributed by atoms with Gasteiger partial charge < -0.3 is 20.9 Å². The summed E-state index contributed by atoms with van der Waals surface area (Å²) in [4.78, 5) is 0. The Morgan fingerprint density at radius 2 is 2.29 bits per heavy atom. The van der Waals surface area contributed by atoms with Crippen molar-refractivity contribution in [3.8, 4) is 0 Å². The van der Waals surface area contributed by atoms with E-state index in [9.17, 15) is 0 Å². The van der Waals surface area contributed by atoms with Gasteiger partial charge in [-0.3, -0.25) is 0 Å². The van der Waals surface area contributed by atoms with Crippen LogP contribution in [-0.4, -0.2) is 35.8 Å². The van der Waals surface area contributed by atoms with Crippen LogP contribution in [0.4, 0.5) is 10.8 Å². The molecule has 6 heteroatoms. The number of ether oxygens (including phenoxy) is 1. The molecule has 1 aliphatic rings. The molecule has 1 aromatic rings. The summed E-state index contributed by atoms with van der Waals surface area (Å²) in [5.41, 5.74) is 7.07. The minimum absolute atomic E-state index is 0.0879. The molecule has 1 fully saturated rings. The Hall–Kier alpha value is -0.850. The number of hydrogen-bond acceptors (Lipinski definition) is 6. The minimum atomic E-state index is 0.0879. The molecule has 4 N–H and O–H groups in total. The van der Waals surface area contributed by atoms with Gasteiger partial charge in [-0.25, -0.2) is 0 Å². The first-order valence-electron chi connectivity index (χ1n) is 6.00. The zero-order chi connectivity index (χ0) is 12.1. The van der Waals surface area contributed by atoms with Gasteiger partial charge in [0.15, 0.2) is 0 Å². The van der Waals surface area contributed by atoms with E-state index >= 15 is 0 Å². The summed E-state index contributed by atoms with van der Waals surface area (Å²) in [6.07, 6.45) is 3.38. The van der Waals surface area contributed by atoms with Gasteiger partial charge in [-0.2, -0.15) is 4.37 Å². The van der Waals surface area contributed by atoms with Crippen LogP contribution in [0.5, 0.6) is 0 Å². The molecule has 0 atom stereocenters. The van der Waals surface area contributed by atoms with Crippen LogP contribution < -0.4 is 11.1 Å². The second kappa shape index (κ2) is 6.18. The van der Waals surface area contributed by atoms with Crippen molar-refractivity contribution in [3.63, 3.8) is 0 Å². The number of aromatic nitrogens is 1. The molecular formula is C11H19N3O2S. The summed E-state index contributed by atoms with van der Waals surface area (Å²) >= 11 is 1.45. The number of hydrogen-bond donors (Lipinski definition) is 3. The van der Waals surface area contributed by atoms with Crippen molar-refractivity contribution >= 4 is 22.4 Å². The smallest absolute Gasteiger partial charge is 0.142 e. The van der Waals surface area contributed by atoms with Gasteiger partial charge in [-0.05, 0) is 36.7 Å². The zero-order valence-electron chi connectivity index (χ0n) is 9.82. The predicted molar refractivity (Wildman–Crippen MR) is 69.5 cm³/mol. The minimum Gasteiger partial charge on any atom is -0.394 e. The molecule has 1 heterocycles. The third kappa shape index (κ3) is 3.55. The van der Waals surface area contributed by atoms with Gasteiger partial charge in [0, 0.05) is 18.7 Å². The van der Waals surface area contributed by atoms with Crippen molar-refractivity contribution < 1.29 is 9.84 Å². The van der Waals surface area contributed by atoms with E-state index in [4.69, 9.17) is 15.6 Å². The highest BCUT2D eigenvalue weighted by molar-refractivity contribution is 7.10. The Morgan fingerprint density at radius 1 is 1.47 bits per heavy atom. The second-order valence-corrected chi connectivity index (χ2v) is 4.97. The average molecular weight is 257 g/mol. The van der Waals surface area contributed by atoms with Crippen LogP contribution in [0.2, 0.25) is 0 Å². The fourth-order valence-electron chi connectivity index (χ4n) is 1.75. The first kappa shape index (κ1) is 12.6. The van der Waals surface area contributed by atoms with Crippen molar-refractivity contribution in [2.45, 2.75) is 25.2 Å². The van der Waals surface area contributed by atoms with Crippen molar-refractivity contribution in [2.24, 2.45) is 0 Å². The van der Waals surface area contributed by atoms with Crippen molar-refractivity contribution in [1.82, 2.24) is 4.37 Å². The van der Waals surface area contributed by atoms with Crippen LogP contribution in [0.1, 0.15) is 30.7 Å². The van der Waals surface area contributed by atoms with E-state index in [2.05, 4.69) is 9.69 Å². The number of nitrogen functional groups attached to an aromatic ring is 1. The van der Waals surface area contributed by atoms with Gasteiger partial charge in [0.2, 0.25) is 0 Å². The molecule has 1 aromatic heterocycles. The van der Waals surface area contributed by atoms with Crippen LogP contribution in [0.3, 0.4) is 0 Å². The highest BCUT2D eigenvalue weighted by Gasteiger charge is 2.30. The van der Waals surface area contributed by atoms with Gasteiger partial charge in [-0.15, -0.1) is 0 Å². The normalized spacial score (nSPS) is 15.1. The first-order valence-corrected chi connectivity index (χ1v) is 6.77. The number of aliphatic hydroxyl groups is 1. The van der Waals surface area contributed by atoms with Gasteiger partial charge in [0.25, 0.3) is 0 Å². The molecule has 0 bridgehead atoms. The average Bonchev–Trinajstić information content (AvgIpc) is 3.09. The summed E-state index contributed by atoms with van der Waals surface area (Å²) in [5.74, 6) is 1.32.